The van der Waals surface area contributed by atoms with Gasteiger partial charge >= 0.3 is 5.69 Å². The Labute approximate surface area is 129 Å². The van der Waals surface area contributed by atoms with E-state index in [4.69, 9.17) is 0 Å². The highest BCUT2D eigenvalue weighted by Crippen LogP contribution is 2.23. The smallest absolute Gasteiger partial charge is 0.305 e. The molecular formula is C14H14N8O. The van der Waals surface area contributed by atoms with E-state index >= 15 is 0 Å². The van der Waals surface area contributed by atoms with E-state index in [2.05, 4.69) is 55.6 Å². The van der Waals surface area contributed by atoms with Crippen LogP contribution in [0, 0.1) is 0 Å². The second-order valence-corrected chi connectivity index (χ2v) is 5.22. The van der Waals surface area contributed by atoms with Crippen LogP contribution in [-0.2, 0) is 12.8 Å². The summed E-state index contributed by atoms with van der Waals surface area (Å²) in [5, 5.41) is 18.4. The number of tetrazole rings is 1. The Hall–Kier alpha value is -3.10. The van der Waals surface area contributed by atoms with Crippen molar-refractivity contribution in [2.45, 2.75) is 26.7 Å². The zero-order chi connectivity index (χ0) is 16.0. The lowest BCUT2D eigenvalue weighted by Crippen LogP contribution is -2.17. The summed E-state index contributed by atoms with van der Waals surface area (Å²) in [4.78, 5) is 19.6. The molecule has 0 amide bonds. The van der Waals surface area contributed by atoms with Crippen LogP contribution in [-0.4, -0.2) is 40.2 Å². The number of aromatic amines is 2. The number of rotatable bonds is 3. The number of nitrogens with zero attached hydrogens (tertiary/aromatic N) is 6. The van der Waals surface area contributed by atoms with E-state index in [1.54, 1.807) is 0 Å². The number of aryl methyl sites for hydroxylation is 2. The summed E-state index contributed by atoms with van der Waals surface area (Å²) in [6, 6.07) is 4.08. The lowest BCUT2D eigenvalue weighted by molar-refractivity contribution is 0.879. The molecule has 4 aromatic rings. The number of nitrogens with one attached hydrogen (secondary N) is 2. The highest BCUT2D eigenvalue weighted by atomic mass is 16.1. The summed E-state index contributed by atoms with van der Waals surface area (Å²) in [5.41, 5.74) is 3.36. The van der Waals surface area contributed by atoms with Crippen molar-refractivity contribution >= 4 is 16.6 Å². The van der Waals surface area contributed by atoms with Gasteiger partial charge in [0.15, 0.2) is 5.65 Å². The molecule has 0 radical (unpaired) electrons. The van der Waals surface area contributed by atoms with Gasteiger partial charge in [0.25, 0.3) is 0 Å². The number of H-pyrrole nitrogens is 2. The van der Waals surface area contributed by atoms with Gasteiger partial charge in [-0.2, -0.15) is 4.52 Å². The van der Waals surface area contributed by atoms with Gasteiger partial charge in [-0.15, -0.1) is 10.2 Å². The fourth-order valence-corrected chi connectivity index (χ4v) is 2.79. The summed E-state index contributed by atoms with van der Waals surface area (Å²) in [6.07, 6.45) is 1.82. The van der Waals surface area contributed by atoms with Gasteiger partial charge in [0.1, 0.15) is 0 Å². The fourth-order valence-electron chi connectivity index (χ4n) is 2.79. The third-order valence-corrected chi connectivity index (χ3v) is 3.94. The average Bonchev–Trinajstić information content (AvgIpc) is 3.23. The quantitative estimate of drug-likeness (QED) is 0.580. The van der Waals surface area contributed by atoms with Crippen LogP contribution in [0.5, 0.6) is 0 Å². The van der Waals surface area contributed by atoms with Crippen LogP contribution in [0.15, 0.2) is 16.9 Å². The van der Waals surface area contributed by atoms with E-state index in [9.17, 15) is 4.79 Å². The maximum absolute atomic E-state index is 12.3. The SMILES string of the molecule is CCc1cc2[nH]c(=O)n3nc(-c4nnn[nH]4)nc3c2cc1CC. The van der Waals surface area contributed by atoms with E-state index in [0.29, 0.717) is 11.5 Å². The fraction of sp³-hybridized carbons (Fsp3) is 0.286. The molecule has 0 atom stereocenters. The van der Waals surface area contributed by atoms with Gasteiger partial charge < -0.3 is 4.98 Å². The summed E-state index contributed by atoms with van der Waals surface area (Å²) < 4.78 is 1.24. The summed E-state index contributed by atoms with van der Waals surface area (Å²) in [5.74, 6) is 0.604. The Morgan fingerprint density at radius 3 is 2.65 bits per heavy atom. The van der Waals surface area contributed by atoms with E-state index in [-0.39, 0.29) is 11.5 Å². The van der Waals surface area contributed by atoms with Crippen LogP contribution in [0.2, 0.25) is 0 Å². The molecule has 0 aliphatic carbocycles. The molecule has 3 aromatic heterocycles. The second kappa shape index (κ2) is 4.97. The molecule has 0 bridgehead atoms. The molecule has 0 spiro atoms. The molecule has 23 heavy (non-hydrogen) atoms. The lowest BCUT2D eigenvalue weighted by Gasteiger charge is -2.08. The molecule has 116 valence electrons. The van der Waals surface area contributed by atoms with Gasteiger partial charge in [-0.05, 0) is 46.5 Å². The number of hydrogen-bond acceptors (Lipinski definition) is 6. The van der Waals surface area contributed by atoms with Crippen LogP contribution in [0.25, 0.3) is 28.2 Å². The number of aromatic nitrogens is 8. The molecule has 0 saturated carbocycles. The van der Waals surface area contributed by atoms with Crippen molar-refractivity contribution in [2.75, 3.05) is 0 Å². The van der Waals surface area contributed by atoms with Crippen molar-refractivity contribution in [3.05, 3.63) is 33.7 Å². The van der Waals surface area contributed by atoms with E-state index < -0.39 is 0 Å². The first-order valence-corrected chi connectivity index (χ1v) is 7.40. The molecule has 0 aliphatic rings. The van der Waals surface area contributed by atoms with E-state index in [1.165, 1.54) is 15.6 Å². The molecule has 0 aliphatic heterocycles. The molecule has 1 aromatic carbocycles. The predicted molar refractivity (Wildman–Crippen MR) is 83.0 cm³/mol. The maximum Gasteiger partial charge on any atom is 0.348 e. The summed E-state index contributed by atoms with van der Waals surface area (Å²) in [7, 11) is 0. The lowest BCUT2D eigenvalue weighted by atomic mass is 10.0. The van der Waals surface area contributed by atoms with Gasteiger partial charge in [0, 0.05) is 5.39 Å². The number of benzene rings is 1. The Bertz CT molecular complexity index is 1060. The molecule has 9 heteroatoms. The maximum atomic E-state index is 12.3. The van der Waals surface area contributed by atoms with Crippen LogP contribution in [0.3, 0.4) is 0 Å². The molecule has 0 unspecified atom stereocenters. The topological polar surface area (TPSA) is 118 Å². The molecule has 3 heterocycles. The highest BCUT2D eigenvalue weighted by Gasteiger charge is 2.15. The van der Waals surface area contributed by atoms with Crippen molar-refractivity contribution in [1.29, 1.82) is 0 Å². The van der Waals surface area contributed by atoms with Crippen molar-refractivity contribution in [2.24, 2.45) is 0 Å². The van der Waals surface area contributed by atoms with Gasteiger partial charge in [0.2, 0.25) is 11.6 Å². The Kier molecular flexibility index (Phi) is 2.93. The third-order valence-electron chi connectivity index (χ3n) is 3.94. The zero-order valence-electron chi connectivity index (χ0n) is 12.7. The molecular weight excluding hydrogens is 296 g/mol. The normalized spacial score (nSPS) is 11.6. The number of fused-ring (bicyclic) bond motifs is 3. The van der Waals surface area contributed by atoms with Crippen molar-refractivity contribution < 1.29 is 0 Å². The Morgan fingerprint density at radius 2 is 1.96 bits per heavy atom. The molecule has 2 N–H and O–H groups in total. The van der Waals surface area contributed by atoms with Gasteiger partial charge in [0.05, 0.1) is 5.52 Å². The Morgan fingerprint density at radius 1 is 1.17 bits per heavy atom. The minimum Gasteiger partial charge on any atom is -0.305 e. The standard InChI is InChI=1S/C14H14N8O/c1-3-7-5-9-10(6-8(7)4-2)15-14(23)22-13(9)16-11(19-22)12-17-20-21-18-12/h5-6H,3-4H2,1-2H3,(H,15,23)(H,17,18,20,21). The summed E-state index contributed by atoms with van der Waals surface area (Å²) in [6.45, 7) is 4.21. The van der Waals surface area contributed by atoms with Crippen LogP contribution in [0.1, 0.15) is 25.0 Å². The first-order chi connectivity index (χ1) is 11.2. The molecule has 9 nitrogen and oxygen atoms in total. The number of hydrogen-bond donors (Lipinski definition) is 2. The zero-order valence-corrected chi connectivity index (χ0v) is 12.7. The molecule has 0 saturated heterocycles. The second-order valence-electron chi connectivity index (χ2n) is 5.22. The largest absolute Gasteiger partial charge is 0.348 e. The van der Waals surface area contributed by atoms with Gasteiger partial charge in [-0.25, -0.2) is 14.9 Å². The first-order valence-electron chi connectivity index (χ1n) is 7.40. The van der Waals surface area contributed by atoms with Crippen LogP contribution < -0.4 is 5.69 Å². The minimum atomic E-state index is -0.343. The van der Waals surface area contributed by atoms with Gasteiger partial charge in [-0.3, -0.25) is 0 Å². The highest BCUT2D eigenvalue weighted by molar-refractivity contribution is 5.92. The third kappa shape index (κ3) is 2.00. The van der Waals surface area contributed by atoms with Crippen LogP contribution >= 0.6 is 0 Å². The van der Waals surface area contributed by atoms with Gasteiger partial charge in [-0.1, -0.05) is 13.8 Å². The molecule has 0 fully saturated rings. The van der Waals surface area contributed by atoms with Crippen molar-refractivity contribution in [3.63, 3.8) is 0 Å². The summed E-state index contributed by atoms with van der Waals surface area (Å²) >= 11 is 0. The first kappa shape index (κ1) is 13.6. The van der Waals surface area contributed by atoms with E-state index in [0.717, 1.165) is 23.7 Å². The molecule has 4 rings (SSSR count). The average molecular weight is 310 g/mol. The monoisotopic (exact) mass is 310 g/mol. The van der Waals surface area contributed by atoms with Crippen LogP contribution in [0.4, 0.5) is 0 Å². The minimum absolute atomic E-state index is 0.283. The Balaban J connectivity index is 2.08. The van der Waals surface area contributed by atoms with Crippen molar-refractivity contribution in [3.8, 4) is 11.6 Å². The van der Waals surface area contributed by atoms with Crippen molar-refractivity contribution in [1.82, 2.24) is 40.2 Å². The van der Waals surface area contributed by atoms with E-state index in [1.807, 2.05) is 6.07 Å². The predicted octanol–water partition coefficient (Wildman–Crippen LogP) is 0.876.